The standard InChI is InChI=1S/C8H11NO3/c1-3-5(10)7-6(11)4-9(2)8(7)12/h4,11-12H,3H2,1-2H3. The van der Waals surface area contributed by atoms with Crippen LogP contribution in [0, 0.1) is 0 Å². The van der Waals surface area contributed by atoms with Gasteiger partial charge in [-0.15, -0.1) is 0 Å². The molecule has 0 saturated heterocycles. The summed E-state index contributed by atoms with van der Waals surface area (Å²) < 4.78 is 1.30. The summed E-state index contributed by atoms with van der Waals surface area (Å²) >= 11 is 0. The van der Waals surface area contributed by atoms with Gasteiger partial charge in [0.2, 0.25) is 5.88 Å². The van der Waals surface area contributed by atoms with Crippen LogP contribution in [0.4, 0.5) is 0 Å². The van der Waals surface area contributed by atoms with Crippen LogP contribution in [0.25, 0.3) is 0 Å². The predicted molar refractivity (Wildman–Crippen MR) is 43.4 cm³/mol. The average Bonchev–Trinajstić information content (AvgIpc) is 2.26. The number of rotatable bonds is 2. The summed E-state index contributed by atoms with van der Waals surface area (Å²) in [5.74, 6) is -0.605. The number of carbonyl (C=O) groups excluding carboxylic acids is 1. The summed E-state index contributed by atoms with van der Waals surface area (Å²) in [4.78, 5) is 11.1. The van der Waals surface area contributed by atoms with Crippen LogP contribution in [0.15, 0.2) is 6.20 Å². The van der Waals surface area contributed by atoms with Crippen LogP contribution >= 0.6 is 0 Å². The second kappa shape index (κ2) is 2.89. The third kappa shape index (κ3) is 1.15. The van der Waals surface area contributed by atoms with Crippen molar-refractivity contribution in [3.8, 4) is 11.6 Å². The monoisotopic (exact) mass is 169 g/mol. The maximum Gasteiger partial charge on any atom is 0.205 e. The van der Waals surface area contributed by atoms with Crippen molar-refractivity contribution in [3.63, 3.8) is 0 Å². The number of Topliss-reactive ketones (excluding diaryl/α,β-unsaturated/α-hetero) is 1. The molecule has 0 aromatic carbocycles. The van der Waals surface area contributed by atoms with Crippen molar-refractivity contribution in [1.29, 1.82) is 0 Å². The molecule has 1 aromatic heterocycles. The highest BCUT2D eigenvalue weighted by molar-refractivity contribution is 6.00. The zero-order chi connectivity index (χ0) is 9.30. The van der Waals surface area contributed by atoms with Crippen LogP contribution in [0.5, 0.6) is 11.6 Å². The molecule has 2 N–H and O–H groups in total. The van der Waals surface area contributed by atoms with Gasteiger partial charge >= 0.3 is 0 Å². The number of nitrogens with zero attached hydrogens (tertiary/aromatic N) is 1. The van der Waals surface area contributed by atoms with Crippen LogP contribution in [0.3, 0.4) is 0 Å². The fourth-order valence-corrected chi connectivity index (χ4v) is 1.04. The third-order valence-corrected chi connectivity index (χ3v) is 1.73. The Labute approximate surface area is 70.1 Å². The Morgan fingerprint density at radius 3 is 2.50 bits per heavy atom. The topological polar surface area (TPSA) is 62.5 Å². The number of hydrogen-bond acceptors (Lipinski definition) is 3. The number of ketones is 1. The van der Waals surface area contributed by atoms with E-state index in [4.69, 9.17) is 0 Å². The molecule has 0 atom stereocenters. The van der Waals surface area contributed by atoms with Crippen molar-refractivity contribution in [2.75, 3.05) is 0 Å². The Bertz CT molecular complexity index is 314. The molecule has 0 aliphatic carbocycles. The van der Waals surface area contributed by atoms with Gasteiger partial charge in [0.1, 0.15) is 11.3 Å². The SMILES string of the molecule is CCC(=O)c1c(O)cn(C)c1O. The predicted octanol–water partition coefficient (Wildman–Crippen LogP) is 1.03. The van der Waals surface area contributed by atoms with Gasteiger partial charge in [-0.3, -0.25) is 4.79 Å². The molecule has 0 saturated carbocycles. The summed E-state index contributed by atoms with van der Waals surface area (Å²) in [7, 11) is 1.56. The zero-order valence-electron chi connectivity index (χ0n) is 7.03. The van der Waals surface area contributed by atoms with Gasteiger partial charge in [0.25, 0.3) is 0 Å². The number of carbonyl (C=O) groups is 1. The lowest BCUT2D eigenvalue weighted by Gasteiger charge is -1.96. The second-order valence-electron chi connectivity index (χ2n) is 2.60. The van der Waals surface area contributed by atoms with E-state index in [1.807, 2.05) is 0 Å². The Balaban J connectivity index is 3.22. The van der Waals surface area contributed by atoms with Crippen molar-refractivity contribution in [2.24, 2.45) is 7.05 Å². The second-order valence-corrected chi connectivity index (χ2v) is 2.60. The molecule has 0 aliphatic heterocycles. The molecule has 12 heavy (non-hydrogen) atoms. The number of aromatic hydroxyl groups is 2. The lowest BCUT2D eigenvalue weighted by molar-refractivity contribution is 0.0983. The van der Waals surface area contributed by atoms with E-state index in [9.17, 15) is 15.0 Å². The van der Waals surface area contributed by atoms with E-state index in [1.165, 1.54) is 10.8 Å². The molecule has 0 radical (unpaired) electrons. The molecule has 1 aromatic rings. The molecule has 0 amide bonds. The van der Waals surface area contributed by atoms with Crippen molar-refractivity contribution >= 4 is 5.78 Å². The first-order chi connectivity index (χ1) is 5.57. The smallest absolute Gasteiger partial charge is 0.205 e. The Morgan fingerprint density at radius 2 is 2.17 bits per heavy atom. The molecule has 4 nitrogen and oxygen atoms in total. The molecule has 1 rings (SSSR count). The summed E-state index contributed by atoms with van der Waals surface area (Å²) in [6.07, 6.45) is 1.57. The van der Waals surface area contributed by atoms with Crippen LogP contribution < -0.4 is 0 Å². The van der Waals surface area contributed by atoms with Gasteiger partial charge in [0, 0.05) is 19.7 Å². The molecule has 0 spiro atoms. The average molecular weight is 169 g/mol. The summed E-state index contributed by atoms with van der Waals surface area (Å²) in [5.41, 5.74) is 0.0139. The Kier molecular flexibility index (Phi) is 2.08. The number of aryl methyl sites for hydroxylation is 1. The lowest BCUT2D eigenvalue weighted by Crippen LogP contribution is -1.95. The van der Waals surface area contributed by atoms with E-state index in [0.29, 0.717) is 0 Å². The van der Waals surface area contributed by atoms with E-state index < -0.39 is 0 Å². The van der Waals surface area contributed by atoms with Crippen molar-refractivity contribution < 1.29 is 15.0 Å². The first-order valence-corrected chi connectivity index (χ1v) is 3.68. The maximum atomic E-state index is 11.1. The van der Waals surface area contributed by atoms with Crippen LogP contribution in [-0.4, -0.2) is 20.6 Å². The van der Waals surface area contributed by atoms with Gasteiger partial charge < -0.3 is 14.8 Å². The van der Waals surface area contributed by atoms with Crippen molar-refractivity contribution in [2.45, 2.75) is 13.3 Å². The molecular weight excluding hydrogens is 158 g/mol. The van der Waals surface area contributed by atoms with Gasteiger partial charge in [-0.2, -0.15) is 0 Å². The van der Waals surface area contributed by atoms with E-state index in [-0.39, 0.29) is 29.4 Å². The fourth-order valence-electron chi connectivity index (χ4n) is 1.04. The number of aromatic nitrogens is 1. The normalized spacial score (nSPS) is 10.2. The van der Waals surface area contributed by atoms with Crippen LogP contribution in [0.2, 0.25) is 0 Å². The quantitative estimate of drug-likeness (QED) is 0.650. The van der Waals surface area contributed by atoms with Crippen LogP contribution in [-0.2, 0) is 7.05 Å². The zero-order valence-corrected chi connectivity index (χ0v) is 7.03. The minimum absolute atomic E-state index is 0.0139. The summed E-state index contributed by atoms with van der Waals surface area (Å²) in [5, 5.41) is 18.5. The highest BCUT2D eigenvalue weighted by Crippen LogP contribution is 2.29. The van der Waals surface area contributed by atoms with E-state index in [2.05, 4.69) is 0 Å². The summed E-state index contributed by atoms with van der Waals surface area (Å²) in [6.45, 7) is 1.67. The minimum atomic E-state index is -0.259. The molecule has 0 fully saturated rings. The largest absolute Gasteiger partial charge is 0.505 e. The highest BCUT2D eigenvalue weighted by atomic mass is 16.3. The van der Waals surface area contributed by atoms with Gasteiger partial charge in [-0.25, -0.2) is 0 Å². The number of hydrogen-bond donors (Lipinski definition) is 2. The maximum absolute atomic E-state index is 11.1. The molecule has 4 heteroatoms. The lowest BCUT2D eigenvalue weighted by atomic mass is 10.1. The Morgan fingerprint density at radius 1 is 1.58 bits per heavy atom. The Hall–Kier alpha value is -1.45. The minimum Gasteiger partial charge on any atom is -0.505 e. The van der Waals surface area contributed by atoms with Crippen molar-refractivity contribution in [3.05, 3.63) is 11.8 Å². The molecule has 0 bridgehead atoms. The molecule has 66 valence electrons. The molecule has 1 heterocycles. The van der Waals surface area contributed by atoms with E-state index >= 15 is 0 Å². The van der Waals surface area contributed by atoms with Crippen LogP contribution in [0.1, 0.15) is 23.7 Å². The van der Waals surface area contributed by atoms with Gasteiger partial charge in [-0.1, -0.05) is 6.92 Å². The van der Waals surface area contributed by atoms with Gasteiger partial charge in [0.05, 0.1) is 0 Å². The first-order valence-electron chi connectivity index (χ1n) is 3.68. The molecule has 0 aliphatic rings. The molecule has 0 unspecified atom stereocenters. The van der Waals surface area contributed by atoms with Gasteiger partial charge in [0.15, 0.2) is 5.78 Å². The van der Waals surface area contributed by atoms with Crippen molar-refractivity contribution in [1.82, 2.24) is 4.57 Å². The highest BCUT2D eigenvalue weighted by Gasteiger charge is 2.18. The molecular formula is C8H11NO3. The third-order valence-electron chi connectivity index (χ3n) is 1.73. The fraction of sp³-hybridized carbons (Fsp3) is 0.375. The summed E-state index contributed by atoms with van der Waals surface area (Å²) in [6, 6.07) is 0. The van der Waals surface area contributed by atoms with E-state index in [0.717, 1.165) is 0 Å². The van der Waals surface area contributed by atoms with Gasteiger partial charge in [-0.05, 0) is 0 Å². The van der Waals surface area contributed by atoms with E-state index in [1.54, 1.807) is 14.0 Å². The first kappa shape index (κ1) is 8.64.